The van der Waals surface area contributed by atoms with Crippen LogP contribution in [0.3, 0.4) is 0 Å². The van der Waals surface area contributed by atoms with Gasteiger partial charge in [0, 0.05) is 0 Å². The molecule has 3 N–H and O–H groups in total. The van der Waals surface area contributed by atoms with E-state index in [-0.39, 0.29) is 0 Å². The van der Waals surface area contributed by atoms with Crippen LogP contribution in [0.15, 0.2) is 0 Å². The van der Waals surface area contributed by atoms with Gasteiger partial charge in [-0.05, 0) is 0 Å². The van der Waals surface area contributed by atoms with Gasteiger partial charge in [-0.25, -0.2) is 0 Å². The van der Waals surface area contributed by atoms with Crippen molar-refractivity contribution in [2.24, 2.45) is 0 Å². The van der Waals surface area contributed by atoms with Crippen LogP contribution in [-0.4, -0.2) is 23.9 Å². The predicted molar refractivity (Wildman–Crippen MR) is 12.4 cm³/mol. The molecule has 3 nitrogen and oxygen atoms in total. The van der Waals surface area contributed by atoms with E-state index in [4.69, 9.17) is 14.4 Å². The Morgan fingerprint density at radius 3 is 1.00 bits per heavy atom. The van der Waals surface area contributed by atoms with Gasteiger partial charge in [-0.15, -0.1) is 0 Å². The van der Waals surface area contributed by atoms with Crippen molar-refractivity contribution >= 4 is 9.53 Å². The molecule has 0 spiro atoms. The molecule has 0 aliphatic carbocycles. The van der Waals surface area contributed by atoms with Crippen molar-refractivity contribution in [2.75, 3.05) is 0 Å². The minimum Gasteiger partial charge on any atom is -0.388 e. The standard InChI is InChI=1S/H3O3Si/c1-4(2)3/h1-3H. The summed E-state index contributed by atoms with van der Waals surface area (Å²) in [5.41, 5.74) is 0. The van der Waals surface area contributed by atoms with E-state index >= 15 is 0 Å². The second-order valence-electron chi connectivity index (χ2n) is 0.300. The first-order chi connectivity index (χ1) is 1.73. The van der Waals surface area contributed by atoms with Crippen LogP contribution in [0.1, 0.15) is 0 Å². The summed E-state index contributed by atoms with van der Waals surface area (Å²) in [6, 6.07) is 0. The zero-order chi connectivity index (χ0) is 3.58. The van der Waals surface area contributed by atoms with Crippen LogP contribution in [0.2, 0.25) is 0 Å². The lowest BCUT2D eigenvalue weighted by Gasteiger charge is -1.71. The summed E-state index contributed by atoms with van der Waals surface area (Å²) in [5.74, 6) is 0. The van der Waals surface area contributed by atoms with Crippen molar-refractivity contribution < 1.29 is 14.4 Å². The quantitative estimate of drug-likeness (QED) is 0.293. The van der Waals surface area contributed by atoms with E-state index in [0.29, 0.717) is 0 Å². The Labute approximate surface area is 25.1 Å². The van der Waals surface area contributed by atoms with Crippen LogP contribution in [0.4, 0.5) is 0 Å². The molecular formula is H3O3Si. The largest absolute Gasteiger partial charge is 0.569 e. The van der Waals surface area contributed by atoms with E-state index in [1.54, 1.807) is 0 Å². The molecule has 0 aliphatic heterocycles. The van der Waals surface area contributed by atoms with E-state index in [1.165, 1.54) is 0 Å². The maximum Gasteiger partial charge on any atom is 0.569 e. The summed E-state index contributed by atoms with van der Waals surface area (Å²) in [6.07, 6.45) is 0. The van der Waals surface area contributed by atoms with Gasteiger partial charge in [0.05, 0.1) is 0 Å². The fourth-order valence-electron chi connectivity index (χ4n) is 0. The van der Waals surface area contributed by atoms with E-state index < -0.39 is 9.53 Å². The molecule has 1 radical (unpaired) electrons. The van der Waals surface area contributed by atoms with Crippen molar-refractivity contribution in [3.8, 4) is 0 Å². The molecule has 0 atom stereocenters. The van der Waals surface area contributed by atoms with E-state index in [2.05, 4.69) is 0 Å². The lowest BCUT2D eigenvalue weighted by atomic mass is 15.8. The van der Waals surface area contributed by atoms with Gasteiger partial charge in [0.1, 0.15) is 0 Å². The zero-order valence-electron chi connectivity index (χ0n) is 1.84. The van der Waals surface area contributed by atoms with Crippen LogP contribution in [0.25, 0.3) is 0 Å². The molecule has 0 rings (SSSR count). The highest BCUT2D eigenvalue weighted by molar-refractivity contribution is 6.30. The molecule has 0 heterocycles. The van der Waals surface area contributed by atoms with Crippen LogP contribution in [0, 0.1) is 0 Å². The summed E-state index contributed by atoms with van der Waals surface area (Å²) in [7, 11) is -2.88. The Morgan fingerprint density at radius 1 is 1.00 bits per heavy atom. The number of rotatable bonds is 0. The predicted octanol–water partition coefficient (Wildman–Crippen LogP) is -2.05. The van der Waals surface area contributed by atoms with Crippen LogP contribution >= 0.6 is 0 Å². The molecule has 0 saturated heterocycles. The average Bonchev–Trinajstić information content (AvgIpc) is 0.811. The molecular weight excluding hydrogens is 76.1 g/mol. The van der Waals surface area contributed by atoms with Crippen LogP contribution in [0.5, 0.6) is 0 Å². The lowest BCUT2D eigenvalue weighted by molar-refractivity contribution is 0.278. The molecule has 4 heavy (non-hydrogen) atoms. The molecule has 0 aromatic heterocycles. The second kappa shape index (κ2) is 1.42. The normalized spacial score (nSPS) is 9.00. The molecule has 0 aromatic rings. The van der Waals surface area contributed by atoms with Gasteiger partial charge >= 0.3 is 9.53 Å². The van der Waals surface area contributed by atoms with Gasteiger partial charge in [0.2, 0.25) is 0 Å². The van der Waals surface area contributed by atoms with Gasteiger partial charge in [-0.1, -0.05) is 0 Å². The smallest absolute Gasteiger partial charge is 0.388 e. The molecule has 0 aromatic carbocycles. The minimum atomic E-state index is -2.88. The van der Waals surface area contributed by atoms with Crippen LogP contribution in [-0.2, 0) is 0 Å². The SMILES string of the molecule is O[Si](O)O. The average molecular weight is 79.1 g/mol. The van der Waals surface area contributed by atoms with Gasteiger partial charge in [-0.3, -0.25) is 0 Å². The van der Waals surface area contributed by atoms with E-state index in [9.17, 15) is 0 Å². The summed E-state index contributed by atoms with van der Waals surface area (Å²) in [4.78, 5) is 21.8. The number of hydrogen-bond donors (Lipinski definition) is 3. The Bertz CT molecular complexity index is 8.00. The topological polar surface area (TPSA) is 60.7 Å². The van der Waals surface area contributed by atoms with Gasteiger partial charge in [-0.2, -0.15) is 0 Å². The van der Waals surface area contributed by atoms with Gasteiger partial charge < -0.3 is 14.4 Å². The highest BCUT2D eigenvalue weighted by Crippen LogP contribution is 1.40. The lowest BCUT2D eigenvalue weighted by Crippen LogP contribution is -2.07. The first-order valence-corrected chi connectivity index (χ1v) is 2.01. The molecule has 0 fully saturated rings. The van der Waals surface area contributed by atoms with Crippen molar-refractivity contribution in [3.63, 3.8) is 0 Å². The molecule has 25 valence electrons. The molecule has 0 aliphatic rings. The molecule has 0 bridgehead atoms. The first kappa shape index (κ1) is 4.10. The maximum atomic E-state index is 7.27. The molecule has 4 heteroatoms. The Balaban J connectivity index is 2.32. The maximum absolute atomic E-state index is 7.27. The molecule has 0 unspecified atom stereocenters. The van der Waals surface area contributed by atoms with Crippen molar-refractivity contribution in [1.29, 1.82) is 0 Å². The third kappa shape index (κ3) is 269. The van der Waals surface area contributed by atoms with E-state index in [1.807, 2.05) is 0 Å². The third-order valence-electron chi connectivity index (χ3n) is 0. The van der Waals surface area contributed by atoms with Gasteiger partial charge in [0.15, 0.2) is 0 Å². The fourth-order valence-corrected chi connectivity index (χ4v) is 0. The second-order valence-corrected chi connectivity index (χ2v) is 0.900. The monoisotopic (exact) mass is 79.0 g/mol. The minimum absolute atomic E-state index is 2.88. The first-order valence-electron chi connectivity index (χ1n) is 0.671. The highest BCUT2D eigenvalue weighted by atomic mass is 28.3. The Hall–Kier alpha value is 0.0969. The molecule has 0 amide bonds. The van der Waals surface area contributed by atoms with Crippen molar-refractivity contribution in [2.45, 2.75) is 0 Å². The number of hydrogen-bond acceptors (Lipinski definition) is 3. The highest BCUT2D eigenvalue weighted by Gasteiger charge is 1.89. The molecule has 0 saturated carbocycles. The Morgan fingerprint density at radius 2 is 1.00 bits per heavy atom. The van der Waals surface area contributed by atoms with Gasteiger partial charge in [0.25, 0.3) is 0 Å². The third-order valence-corrected chi connectivity index (χ3v) is 0. The fraction of sp³-hybridized carbons (Fsp3) is 0. The summed E-state index contributed by atoms with van der Waals surface area (Å²) >= 11 is 0. The Kier molecular flexibility index (Phi) is 1.45. The summed E-state index contributed by atoms with van der Waals surface area (Å²) in [6.45, 7) is 0. The van der Waals surface area contributed by atoms with Crippen molar-refractivity contribution in [1.82, 2.24) is 0 Å². The van der Waals surface area contributed by atoms with Crippen molar-refractivity contribution in [3.05, 3.63) is 0 Å². The summed E-state index contributed by atoms with van der Waals surface area (Å²) in [5, 5.41) is 0. The van der Waals surface area contributed by atoms with Crippen LogP contribution < -0.4 is 0 Å². The van der Waals surface area contributed by atoms with E-state index in [0.717, 1.165) is 0 Å². The summed E-state index contributed by atoms with van der Waals surface area (Å²) < 4.78 is 0. The zero-order valence-corrected chi connectivity index (χ0v) is 2.84.